The third-order valence-corrected chi connectivity index (χ3v) is 4.06. The maximum absolute atomic E-state index is 14.0. The highest BCUT2D eigenvalue weighted by atomic mass is 35.5. The van der Waals surface area contributed by atoms with Crippen LogP contribution in [-0.4, -0.2) is 6.54 Å². The smallest absolute Gasteiger partial charge is 0.127 e. The van der Waals surface area contributed by atoms with Crippen LogP contribution in [0.15, 0.2) is 42.5 Å². The van der Waals surface area contributed by atoms with E-state index in [1.54, 1.807) is 12.1 Å². The molecule has 1 unspecified atom stereocenters. The number of hydrogen-bond acceptors (Lipinski definition) is 1. The average molecular weight is 306 g/mol. The monoisotopic (exact) mass is 305 g/mol. The van der Waals surface area contributed by atoms with Gasteiger partial charge in [0.2, 0.25) is 0 Å². The molecule has 0 amide bonds. The molecule has 0 radical (unpaired) electrons. The second-order valence-electron chi connectivity index (χ2n) is 5.11. The van der Waals surface area contributed by atoms with Crippen molar-refractivity contribution in [2.45, 2.75) is 32.7 Å². The molecule has 0 aliphatic rings. The fraction of sp³-hybridized carbons (Fsp3) is 0.333. The van der Waals surface area contributed by atoms with Gasteiger partial charge in [0.25, 0.3) is 0 Å². The van der Waals surface area contributed by atoms with Gasteiger partial charge in [-0.25, -0.2) is 4.39 Å². The number of aryl methyl sites for hydroxylation is 1. The summed E-state index contributed by atoms with van der Waals surface area (Å²) in [4.78, 5) is 0. The summed E-state index contributed by atoms with van der Waals surface area (Å²) in [5.74, 6) is -0.240. The Bertz CT molecular complexity index is 560. The first kappa shape index (κ1) is 16.0. The first-order valence-electron chi connectivity index (χ1n) is 7.40. The summed E-state index contributed by atoms with van der Waals surface area (Å²) in [6.07, 6.45) is 1.57. The molecule has 2 aromatic carbocycles. The number of nitrogens with one attached hydrogen (secondary N) is 1. The molecule has 0 aromatic heterocycles. The standard InChI is InChI=1S/C18H21ClFN/c1-3-13-8-10-14(11-9-13)18(21-4-2)12-15-16(19)6-5-7-17(15)20/h5-11,18,21H,3-4,12H2,1-2H3. The van der Waals surface area contributed by atoms with Gasteiger partial charge in [0.15, 0.2) is 0 Å². The van der Waals surface area contributed by atoms with E-state index in [2.05, 4.69) is 43.4 Å². The fourth-order valence-electron chi connectivity index (χ4n) is 2.47. The molecule has 0 heterocycles. The van der Waals surface area contributed by atoms with Crippen molar-refractivity contribution >= 4 is 11.6 Å². The van der Waals surface area contributed by atoms with Gasteiger partial charge >= 0.3 is 0 Å². The Labute approximate surface area is 131 Å². The minimum Gasteiger partial charge on any atom is -0.310 e. The molecule has 0 spiro atoms. The second kappa shape index (κ2) is 7.58. The molecular weight excluding hydrogens is 285 g/mol. The van der Waals surface area contributed by atoms with Gasteiger partial charge in [0, 0.05) is 16.6 Å². The molecule has 0 aliphatic heterocycles. The van der Waals surface area contributed by atoms with E-state index in [0.29, 0.717) is 17.0 Å². The Kier molecular flexibility index (Phi) is 5.77. The molecule has 0 saturated carbocycles. The summed E-state index contributed by atoms with van der Waals surface area (Å²) < 4.78 is 14.0. The zero-order valence-corrected chi connectivity index (χ0v) is 13.3. The van der Waals surface area contributed by atoms with Gasteiger partial charge in [-0.1, -0.05) is 55.8 Å². The highest BCUT2D eigenvalue weighted by Crippen LogP contribution is 2.26. The summed E-state index contributed by atoms with van der Waals surface area (Å²) in [6, 6.07) is 13.4. The van der Waals surface area contributed by atoms with E-state index in [9.17, 15) is 4.39 Å². The molecule has 1 nitrogen and oxygen atoms in total. The van der Waals surface area contributed by atoms with Crippen LogP contribution in [0.2, 0.25) is 5.02 Å². The predicted octanol–water partition coefficient (Wildman–Crippen LogP) is 4.93. The summed E-state index contributed by atoms with van der Waals surface area (Å²) in [5, 5.41) is 3.90. The van der Waals surface area contributed by atoms with Crippen LogP contribution in [0.4, 0.5) is 4.39 Å². The quantitative estimate of drug-likeness (QED) is 0.797. The minimum absolute atomic E-state index is 0.0651. The fourth-order valence-corrected chi connectivity index (χ4v) is 2.71. The van der Waals surface area contributed by atoms with Gasteiger partial charge in [0.1, 0.15) is 5.82 Å². The largest absolute Gasteiger partial charge is 0.310 e. The van der Waals surface area contributed by atoms with Crippen molar-refractivity contribution < 1.29 is 4.39 Å². The van der Waals surface area contributed by atoms with Gasteiger partial charge in [-0.15, -0.1) is 0 Å². The summed E-state index contributed by atoms with van der Waals surface area (Å²) >= 11 is 6.14. The number of hydrogen-bond donors (Lipinski definition) is 1. The summed E-state index contributed by atoms with van der Waals surface area (Å²) in [7, 11) is 0. The van der Waals surface area contributed by atoms with E-state index in [0.717, 1.165) is 18.5 Å². The lowest BCUT2D eigenvalue weighted by Crippen LogP contribution is -2.23. The van der Waals surface area contributed by atoms with Crippen molar-refractivity contribution in [1.29, 1.82) is 0 Å². The molecule has 112 valence electrons. The van der Waals surface area contributed by atoms with Gasteiger partial charge in [-0.05, 0) is 42.6 Å². The Morgan fingerprint density at radius 2 is 1.81 bits per heavy atom. The van der Waals surface area contributed by atoms with Gasteiger partial charge in [0.05, 0.1) is 0 Å². The number of benzene rings is 2. The second-order valence-corrected chi connectivity index (χ2v) is 5.52. The van der Waals surface area contributed by atoms with Crippen molar-refractivity contribution in [3.63, 3.8) is 0 Å². The van der Waals surface area contributed by atoms with Crippen LogP contribution in [0.25, 0.3) is 0 Å². The van der Waals surface area contributed by atoms with Crippen molar-refractivity contribution in [2.75, 3.05) is 6.54 Å². The molecule has 1 atom stereocenters. The van der Waals surface area contributed by atoms with E-state index >= 15 is 0 Å². The number of rotatable bonds is 6. The number of likely N-dealkylation sites (N-methyl/N-ethyl adjacent to an activating group) is 1. The van der Waals surface area contributed by atoms with E-state index in [-0.39, 0.29) is 11.9 Å². The Morgan fingerprint density at radius 3 is 2.38 bits per heavy atom. The Morgan fingerprint density at radius 1 is 1.10 bits per heavy atom. The van der Waals surface area contributed by atoms with Gasteiger partial charge < -0.3 is 5.32 Å². The topological polar surface area (TPSA) is 12.0 Å². The maximum Gasteiger partial charge on any atom is 0.127 e. The van der Waals surface area contributed by atoms with Crippen LogP contribution in [0, 0.1) is 5.82 Å². The first-order valence-corrected chi connectivity index (χ1v) is 7.78. The number of halogens is 2. The summed E-state index contributed by atoms with van der Waals surface area (Å²) in [5.41, 5.74) is 3.04. The zero-order valence-electron chi connectivity index (χ0n) is 12.5. The average Bonchev–Trinajstić information content (AvgIpc) is 2.50. The maximum atomic E-state index is 14.0. The lowest BCUT2D eigenvalue weighted by molar-refractivity contribution is 0.528. The molecule has 21 heavy (non-hydrogen) atoms. The van der Waals surface area contributed by atoms with Crippen LogP contribution < -0.4 is 5.32 Å². The van der Waals surface area contributed by atoms with Crippen molar-refractivity contribution in [3.05, 3.63) is 70.0 Å². The molecule has 3 heteroatoms. The zero-order chi connectivity index (χ0) is 15.2. The lowest BCUT2D eigenvalue weighted by Gasteiger charge is -2.20. The van der Waals surface area contributed by atoms with E-state index in [1.807, 2.05) is 0 Å². The van der Waals surface area contributed by atoms with Crippen molar-refractivity contribution in [3.8, 4) is 0 Å². The molecule has 0 saturated heterocycles. The lowest BCUT2D eigenvalue weighted by atomic mass is 9.97. The van der Waals surface area contributed by atoms with Crippen LogP contribution in [-0.2, 0) is 12.8 Å². The van der Waals surface area contributed by atoms with Crippen molar-refractivity contribution in [1.82, 2.24) is 5.32 Å². The van der Waals surface area contributed by atoms with E-state index < -0.39 is 0 Å². The molecule has 0 aliphatic carbocycles. The van der Waals surface area contributed by atoms with Crippen LogP contribution in [0.1, 0.15) is 36.6 Å². The van der Waals surface area contributed by atoms with E-state index in [1.165, 1.54) is 11.6 Å². The molecule has 0 fully saturated rings. The third-order valence-electron chi connectivity index (χ3n) is 3.71. The van der Waals surface area contributed by atoms with Gasteiger partial charge in [-0.3, -0.25) is 0 Å². The molecule has 1 N–H and O–H groups in total. The van der Waals surface area contributed by atoms with Crippen LogP contribution in [0.5, 0.6) is 0 Å². The van der Waals surface area contributed by atoms with Crippen LogP contribution in [0.3, 0.4) is 0 Å². The highest BCUT2D eigenvalue weighted by Gasteiger charge is 2.16. The molecule has 2 aromatic rings. The minimum atomic E-state index is -0.240. The Balaban J connectivity index is 2.26. The third kappa shape index (κ3) is 4.05. The predicted molar refractivity (Wildman–Crippen MR) is 87.4 cm³/mol. The normalized spacial score (nSPS) is 12.4. The van der Waals surface area contributed by atoms with Crippen LogP contribution >= 0.6 is 11.6 Å². The molecule has 2 rings (SSSR count). The molecular formula is C18H21ClFN. The van der Waals surface area contributed by atoms with Crippen molar-refractivity contribution in [2.24, 2.45) is 0 Å². The molecule has 0 bridgehead atoms. The SMILES string of the molecule is CCNC(Cc1c(F)cccc1Cl)c1ccc(CC)cc1. The van der Waals surface area contributed by atoms with Gasteiger partial charge in [-0.2, -0.15) is 0 Å². The Hall–Kier alpha value is -1.38. The summed E-state index contributed by atoms with van der Waals surface area (Å²) in [6.45, 7) is 5.01. The highest BCUT2D eigenvalue weighted by molar-refractivity contribution is 6.31. The first-order chi connectivity index (χ1) is 10.2. The van der Waals surface area contributed by atoms with E-state index in [4.69, 9.17) is 11.6 Å².